The van der Waals surface area contributed by atoms with E-state index in [1.54, 1.807) is 6.08 Å². The van der Waals surface area contributed by atoms with Crippen molar-refractivity contribution in [1.29, 1.82) is 0 Å². The van der Waals surface area contributed by atoms with Gasteiger partial charge in [0, 0.05) is 6.42 Å². The van der Waals surface area contributed by atoms with Gasteiger partial charge in [-0.15, -0.1) is 0 Å². The third-order valence-corrected chi connectivity index (χ3v) is 2.04. The third kappa shape index (κ3) is 4.04. The van der Waals surface area contributed by atoms with Crippen molar-refractivity contribution < 1.29 is 4.79 Å². The average molecular weight is 188 g/mol. The molecule has 0 amide bonds. The molecule has 0 aliphatic carbocycles. The summed E-state index contributed by atoms with van der Waals surface area (Å²) in [6.07, 6.45) is 5.97. The Morgan fingerprint density at radius 1 is 1.29 bits per heavy atom. The number of ketones is 1. The molecule has 0 fully saturated rings. The molecular weight excluding hydrogens is 172 g/mol. The summed E-state index contributed by atoms with van der Waals surface area (Å²) in [6, 6.07) is 10.1. The minimum atomic E-state index is 0.218. The highest BCUT2D eigenvalue weighted by Gasteiger charge is 1.97. The van der Waals surface area contributed by atoms with Crippen LogP contribution in [0, 0.1) is 0 Å². The number of carbonyl (C=O) groups is 1. The summed E-state index contributed by atoms with van der Waals surface area (Å²) >= 11 is 0. The van der Waals surface area contributed by atoms with Crippen LogP contribution in [0.1, 0.15) is 25.3 Å². The van der Waals surface area contributed by atoms with Crippen LogP contribution in [0.4, 0.5) is 0 Å². The molecule has 1 heteroatoms. The standard InChI is InChI=1S/C13H16O/c1-2-3-9-13(14)11-10-12-7-5-4-6-8-12/h3-9H,2,10-11H2,1H3/b9-3+. The van der Waals surface area contributed by atoms with E-state index in [1.807, 2.05) is 31.2 Å². The Morgan fingerprint density at radius 3 is 2.64 bits per heavy atom. The van der Waals surface area contributed by atoms with Gasteiger partial charge < -0.3 is 0 Å². The van der Waals surface area contributed by atoms with Gasteiger partial charge in [0.15, 0.2) is 5.78 Å². The molecule has 1 aromatic carbocycles. The van der Waals surface area contributed by atoms with Crippen molar-refractivity contribution in [3.63, 3.8) is 0 Å². The highest BCUT2D eigenvalue weighted by molar-refractivity contribution is 5.89. The Bertz CT molecular complexity index is 298. The number of allylic oxidation sites excluding steroid dienone is 2. The van der Waals surface area contributed by atoms with Crippen LogP contribution >= 0.6 is 0 Å². The molecule has 0 aliphatic rings. The Hall–Kier alpha value is -1.37. The average Bonchev–Trinajstić information content (AvgIpc) is 2.25. The topological polar surface area (TPSA) is 17.1 Å². The maximum Gasteiger partial charge on any atom is 0.155 e. The Kier molecular flexibility index (Phi) is 4.70. The number of carbonyl (C=O) groups excluding carboxylic acids is 1. The largest absolute Gasteiger partial charge is 0.295 e. The maximum absolute atomic E-state index is 11.3. The molecule has 1 nitrogen and oxygen atoms in total. The summed E-state index contributed by atoms with van der Waals surface area (Å²) in [5.74, 6) is 0.218. The first-order valence-corrected chi connectivity index (χ1v) is 5.06. The number of hydrogen-bond donors (Lipinski definition) is 0. The fourth-order valence-corrected chi connectivity index (χ4v) is 1.24. The van der Waals surface area contributed by atoms with Gasteiger partial charge in [0.1, 0.15) is 0 Å². The Labute approximate surface area is 85.5 Å². The molecule has 0 aliphatic heterocycles. The van der Waals surface area contributed by atoms with Gasteiger partial charge in [-0.05, 0) is 24.5 Å². The monoisotopic (exact) mass is 188 g/mol. The zero-order valence-electron chi connectivity index (χ0n) is 8.57. The highest BCUT2D eigenvalue weighted by atomic mass is 16.1. The van der Waals surface area contributed by atoms with Gasteiger partial charge >= 0.3 is 0 Å². The van der Waals surface area contributed by atoms with E-state index in [0.717, 1.165) is 12.8 Å². The van der Waals surface area contributed by atoms with Crippen molar-refractivity contribution in [3.8, 4) is 0 Å². The van der Waals surface area contributed by atoms with Gasteiger partial charge in [0.2, 0.25) is 0 Å². The second-order valence-electron chi connectivity index (χ2n) is 3.26. The summed E-state index contributed by atoms with van der Waals surface area (Å²) in [4.78, 5) is 11.3. The molecule has 0 atom stereocenters. The number of hydrogen-bond acceptors (Lipinski definition) is 1. The molecule has 74 valence electrons. The SMILES string of the molecule is CC/C=C/C(=O)CCc1ccccc1. The second kappa shape index (κ2) is 6.14. The van der Waals surface area contributed by atoms with E-state index in [9.17, 15) is 4.79 Å². The molecule has 0 heterocycles. The minimum absolute atomic E-state index is 0.218. The number of rotatable bonds is 5. The van der Waals surface area contributed by atoms with Crippen molar-refractivity contribution >= 4 is 5.78 Å². The lowest BCUT2D eigenvalue weighted by Gasteiger charge is -1.97. The maximum atomic E-state index is 11.3. The second-order valence-corrected chi connectivity index (χ2v) is 3.26. The Morgan fingerprint density at radius 2 is 2.00 bits per heavy atom. The normalized spacial score (nSPS) is 10.6. The molecule has 0 saturated heterocycles. The lowest BCUT2D eigenvalue weighted by atomic mass is 10.1. The minimum Gasteiger partial charge on any atom is -0.295 e. The van der Waals surface area contributed by atoms with E-state index in [1.165, 1.54) is 5.56 Å². The summed E-state index contributed by atoms with van der Waals surface area (Å²) in [7, 11) is 0. The van der Waals surface area contributed by atoms with E-state index in [-0.39, 0.29) is 5.78 Å². The van der Waals surface area contributed by atoms with Gasteiger partial charge in [0.25, 0.3) is 0 Å². The molecule has 0 bridgehead atoms. The van der Waals surface area contributed by atoms with Crippen LogP contribution in [0.25, 0.3) is 0 Å². The predicted molar refractivity (Wildman–Crippen MR) is 59.2 cm³/mol. The lowest BCUT2D eigenvalue weighted by Crippen LogP contribution is -1.95. The molecule has 14 heavy (non-hydrogen) atoms. The Balaban J connectivity index is 2.34. The molecule has 1 rings (SSSR count). The fourth-order valence-electron chi connectivity index (χ4n) is 1.24. The molecule has 0 aromatic heterocycles. The van der Waals surface area contributed by atoms with Crippen LogP contribution in [0.15, 0.2) is 42.5 Å². The predicted octanol–water partition coefficient (Wildman–Crippen LogP) is 3.15. The summed E-state index contributed by atoms with van der Waals surface area (Å²) < 4.78 is 0. The summed E-state index contributed by atoms with van der Waals surface area (Å²) in [6.45, 7) is 2.03. The number of benzene rings is 1. The first-order valence-electron chi connectivity index (χ1n) is 5.06. The van der Waals surface area contributed by atoms with Gasteiger partial charge in [-0.25, -0.2) is 0 Å². The summed E-state index contributed by atoms with van der Waals surface area (Å²) in [5.41, 5.74) is 1.23. The van der Waals surface area contributed by atoms with Crippen LogP contribution in [0.5, 0.6) is 0 Å². The quantitative estimate of drug-likeness (QED) is 0.649. The lowest BCUT2D eigenvalue weighted by molar-refractivity contribution is -0.114. The molecule has 1 aromatic rings. The van der Waals surface area contributed by atoms with Crippen LogP contribution < -0.4 is 0 Å². The van der Waals surface area contributed by atoms with E-state index in [4.69, 9.17) is 0 Å². The van der Waals surface area contributed by atoms with Crippen molar-refractivity contribution in [1.82, 2.24) is 0 Å². The van der Waals surface area contributed by atoms with E-state index in [2.05, 4.69) is 12.1 Å². The van der Waals surface area contributed by atoms with Crippen LogP contribution in [0.3, 0.4) is 0 Å². The van der Waals surface area contributed by atoms with Crippen molar-refractivity contribution in [2.24, 2.45) is 0 Å². The van der Waals surface area contributed by atoms with Crippen molar-refractivity contribution in [3.05, 3.63) is 48.0 Å². The van der Waals surface area contributed by atoms with Gasteiger partial charge in [-0.2, -0.15) is 0 Å². The number of aryl methyl sites for hydroxylation is 1. The molecule has 0 unspecified atom stereocenters. The van der Waals surface area contributed by atoms with Crippen molar-refractivity contribution in [2.75, 3.05) is 0 Å². The van der Waals surface area contributed by atoms with Gasteiger partial charge in [-0.1, -0.05) is 43.3 Å². The molecule has 0 spiro atoms. The van der Waals surface area contributed by atoms with E-state index < -0.39 is 0 Å². The molecule has 0 radical (unpaired) electrons. The van der Waals surface area contributed by atoms with Crippen LogP contribution in [-0.4, -0.2) is 5.78 Å². The zero-order chi connectivity index (χ0) is 10.2. The first kappa shape index (κ1) is 10.7. The highest BCUT2D eigenvalue weighted by Crippen LogP contribution is 2.03. The van der Waals surface area contributed by atoms with Crippen LogP contribution in [0.2, 0.25) is 0 Å². The van der Waals surface area contributed by atoms with Crippen molar-refractivity contribution in [2.45, 2.75) is 26.2 Å². The third-order valence-electron chi connectivity index (χ3n) is 2.04. The van der Waals surface area contributed by atoms with Gasteiger partial charge in [-0.3, -0.25) is 4.79 Å². The van der Waals surface area contributed by atoms with Crippen LogP contribution in [-0.2, 0) is 11.2 Å². The smallest absolute Gasteiger partial charge is 0.155 e. The molecule has 0 N–H and O–H groups in total. The summed E-state index contributed by atoms with van der Waals surface area (Å²) in [5, 5.41) is 0. The molecule has 0 saturated carbocycles. The zero-order valence-corrected chi connectivity index (χ0v) is 8.57. The van der Waals surface area contributed by atoms with Gasteiger partial charge in [0.05, 0.1) is 0 Å². The van der Waals surface area contributed by atoms with E-state index >= 15 is 0 Å². The first-order chi connectivity index (χ1) is 6.83. The fraction of sp³-hybridized carbons (Fsp3) is 0.308. The van der Waals surface area contributed by atoms with E-state index in [0.29, 0.717) is 6.42 Å². The molecular formula is C13H16O.